The molecule has 0 aromatic heterocycles. The van der Waals surface area contributed by atoms with E-state index in [1.165, 1.54) is 10.9 Å². The Morgan fingerprint density at radius 2 is 1.64 bits per heavy atom. The van der Waals surface area contributed by atoms with Crippen molar-refractivity contribution in [3.63, 3.8) is 0 Å². The van der Waals surface area contributed by atoms with E-state index in [1.807, 2.05) is 30.3 Å². The van der Waals surface area contributed by atoms with Crippen LogP contribution in [0.2, 0.25) is 0 Å². The van der Waals surface area contributed by atoms with Gasteiger partial charge in [0.15, 0.2) is 0 Å². The van der Waals surface area contributed by atoms with Crippen LogP contribution in [0.1, 0.15) is 17.2 Å². The minimum Gasteiger partial charge on any atom is -0.387 e. The second-order valence-corrected chi connectivity index (χ2v) is 6.30. The molecule has 3 aromatic carbocycles. The van der Waals surface area contributed by atoms with Crippen LogP contribution in [0, 0.1) is 0 Å². The Hall–Kier alpha value is -1.68. The molecule has 3 aromatic rings. The van der Waals surface area contributed by atoms with Crippen molar-refractivity contribution in [1.29, 1.82) is 0 Å². The summed E-state index contributed by atoms with van der Waals surface area (Å²) in [7, 11) is 0. The molecule has 0 radical (unpaired) electrons. The summed E-state index contributed by atoms with van der Waals surface area (Å²) in [5.74, 6) is 0. The van der Waals surface area contributed by atoms with Gasteiger partial charge in [-0.05, 0) is 40.1 Å². The highest BCUT2D eigenvalue weighted by molar-refractivity contribution is 9.10. The smallest absolute Gasteiger partial charge is 0.0914 e. The molecule has 0 saturated heterocycles. The van der Waals surface area contributed by atoms with Gasteiger partial charge in [-0.25, -0.2) is 0 Å². The zero-order chi connectivity index (χ0) is 15.4. The van der Waals surface area contributed by atoms with E-state index < -0.39 is 6.10 Å². The maximum atomic E-state index is 10.3. The van der Waals surface area contributed by atoms with Gasteiger partial charge in [0.05, 0.1) is 6.10 Å². The van der Waals surface area contributed by atoms with Gasteiger partial charge in [0.2, 0.25) is 0 Å². The molecular weight excluding hydrogens is 338 g/mol. The molecule has 3 heteroatoms. The summed E-state index contributed by atoms with van der Waals surface area (Å²) in [5, 5.41) is 16.0. The average Bonchev–Trinajstić information content (AvgIpc) is 2.56. The molecule has 2 N–H and O–H groups in total. The fourth-order valence-electron chi connectivity index (χ4n) is 2.49. The van der Waals surface area contributed by atoms with E-state index in [4.69, 9.17) is 0 Å². The van der Waals surface area contributed by atoms with Crippen molar-refractivity contribution in [2.45, 2.75) is 12.6 Å². The van der Waals surface area contributed by atoms with E-state index in [0.29, 0.717) is 6.54 Å². The van der Waals surface area contributed by atoms with E-state index >= 15 is 0 Å². The molecule has 0 spiro atoms. The molecule has 0 aliphatic heterocycles. The van der Waals surface area contributed by atoms with Gasteiger partial charge in [-0.15, -0.1) is 0 Å². The van der Waals surface area contributed by atoms with Crippen molar-refractivity contribution >= 4 is 26.7 Å². The van der Waals surface area contributed by atoms with Crippen LogP contribution in [0.5, 0.6) is 0 Å². The molecule has 112 valence electrons. The molecule has 0 saturated carbocycles. The van der Waals surface area contributed by atoms with Gasteiger partial charge in [-0.2, -0.15) is 0 Å². The molecule has 22 heavy (non-hydrogen) atoms. The van der Waals surface area contributed by atoms with Gasteiger partial charge >= 0.3 is 0 Å². The monoisotopic (exact) mass is 355 g/mol. The molecule has 2 nitrogen and oxygen atoms in total. The fourth-order valence-corrected chi connectivity index (χ4v) is 2.75. The predicted molar refractivity (Wildman–Crippen MR) is 94.8 cm³/mol. The van der Waals surface area contributed by atoms with E-state index in [1.54, 1.807) is 0 Å². The molecule has 0 heterocycles. The zero-order valence-electron chi connectivity index (χ0n) is 12.2. The van der Waals surface area contributed by atoms with Gasteiger partial charge < -0.3 is 10.4 Å². The Morgan fingerprint density at radius 3 is 2.41 bits per heavy atom. The summed E-state index contributed by atoms with van der Waals surface area (Å²) in [6.45, 7) is 1.28. The highest BCUT2D eigenvalue weighted by atomic mass is 79.9. The minimum absolute atomic E-state index is 0.500. The van der Waals surface area contributed by atoms with Crippen LogP contribution in [-0.2, 0) is 6.54 Å². The van der Waals surface area contributed by atoms with E-state index in [0.717, 1.165) is 22.0 Å². The van der Waals surface area contributed by atoms with Crippen molar-refractivity contribution in [3.05, 3.63) is 82.3 Å². The summed E-state index contributed by atoms with van der Waals surface area (Å²) in [5.41, 5.74) is 2.15. The summed E-state index contributed by atoms with van der Waals surface area (Å²) in [4.78, 5) is 0. The first-order valence-corrected chi connectivity index (χ1v) is 8.13. The number of benzene rings is 3. The molecule has 0 aliphatic rings. The highest BCUT2D eigenvalue weighted by Crippen LogP contribution is 2.20. The quantitative estimate of drug-likeness (QED) is 0.709. The first kappa shape index (κ1) is 15.2. The number of aliphatic hydroxyl groups is 1. The van der Waals surface area contributed by atoms with Crippen molar-refractivity contribution in [2.75, 3.05) is 6.54 Å². The normalized spacial score (nSPS) is 12.5. The summed E-state index contributed by atoms with van der Waals surface area (Å²) < 4.78 is 1.08. The third kappa shape index (κ3) is 3.74. The van der Waals surface area contributed by atoms with Gasteiger partial charge in [0.25, 0.3) is 0 Å². The molecule has 0 amide bonds. The van der Waals surface area contributed by atoms with Crippen LogP contribution in [0.3, 0.4) is 0 Å². The van der Waals surface area contributed by atoms with Crippen LogP contribution in [0.4, 0.5) is 0 Å². The Kier molecular flexibility index (Phi) is 4.88. The summed E-state index contributed by atoms with van der Waals surface area (Å²) >= 11 is 3.43. The molecule has 3 rings (SSSR count). The lowest BCUT2D eigenvalue weighted by Gasteiger charge is -2.13. The lowest BCUT2D eigenvalue weighted by atomic mass is 10.0. The Bertz CT molecular complexity index is 755. The minimum atomic E-state index is -0.500. The topological polar surface area (TPSA) is 32.3 Å². The first-order valence-electron chi connectivity index (χ1n) is 7.34. The second kappa shape index (κ2) is 7.05. The number of hydrogen-bond donors (Lipinski definition) is 2. The van der Waals surface area contributed by atoms with Gasteiger partial charge in [-0.1, -0.05) is 64.5 Å². The van der Waals surface area contributed by atoms with E-state index in [9.17, 15) is 5.11 Å². The van der Waals surface area contributed by atoms with Gasteiger partial charge in [0.1, 0.15) is 0 Å². The van der Waals surface area contributed by atoms with Crippen molar-refractivity contribution in [3.8, 4) is 0 Å². The van der Waals surface area contributed by atoms with Crippen LogP contribution in [-0.4, -0.2) is 11.7 Å². The number of halogens is 1. The summed E-state index contributed by atoms with van der Waals surface area (Å²) in [6, 6.07) is 22.5. The Balaban J connectivity index is 1.60. The summed E-state index contributed by atoms with van der Waals surface area (Å²) in [6.07, 6.45) is -0.500. The third-order valence-corrected chi connectivity index (χ3v) is 4.27. The molecule has 1 atom stereocenters. The first-order chi connectivity index (χ1) is 10.7. The van der Waals surface area contributed by atoms with Crippen molar-refractivity contribution < 1.29 is 5.11 Å². The number of aliphatic hydroxyl groups excluding tert-OH is 1. The average molecular weight is 356 g/mol. The van der Waals surface area contributed by atoms with Gasteiger partial charge in [0, 0.05) is 17.6 Å². The van der Waals surface area contributed by atoms with Crippen LogP contribution in [0.25, 0.3) is 10.8 Å². The zero-order valence-corrected chi connectivity index (χ0v) is 13.8. The number of rotatable bonds is 5. The van der Waals surface area contributed by atoms with Crippen molar-refractivity contribution in [2.24, 2.45) is 0 Å². The number of nitrogens with one attached hydrogen (secondary N) is 1. The lowest BCUT2D eigenvalue weighted by molar-refractivity contribution is 0.174. The second-order valence-electron chi connectivity index (χ2n) is 5.38. The largest absolute Gasteiger partial charge is 0.387 e. The molecule has 0 aliphatic carbocycles. The lowest BCUT2D eigenvalue weighted by Crippen LogP contribution is -2.21. The molecule has 1 unspecified atom stereocenters. The molecular formula is C19H18BrNO. The Labute approximate surface area is 138 Å². The van der Waals surface area contributed by atoms with Gasteiger partial charge in [-0.3, -0.25) is 0 Å². The van der Waals surface area contributed by atoms with Crippen LogP contribution < -0.4 is 5.32 Å². The number of hydrogen-bond acceptors (Lipinski definition) is 2. The maximum Gasteiger partial charge on any atom is 0.0914 e. The number of fused-ring (bicyclic) bond motifs is 1. The third-order valence-electron chi connectivity index (χ3n) is 3.74. The standard InChI is InChI=1S/C19H18BrNO/c20-18-9-5-14(6-10-18)12-21-13-19(22)17-8-7-15-3-1-2-4-16(15)11-17/h1-11,19,21-22H,12-13H2. The van der Waals surface area contributed by atoms with Crippen LogP contribution >= 0.6 is 15.9 Å². The predicted octanol–water partition coefficient (Wildman–Crippen LogP) is 4.43. The SMILES string of the molecule is OC(CNCc1ccc(Br)cc1)c1ccc2ccccc2c1. The van der Waals surface area contributed by atoms with Crippen molar-refractivity contribution in [1.82, 2.24) is 5.32 Å². The van der Waals surface area contributed by atoms with E-state index in [2.05, 4.69) is 57.6 Å². The Morgan fingerprint density at radius 1 is 0.909 bits per heavy atom. The van der Waals surface area contributed by atoms with Crippen LogP contribution in [0.15, 0.2) is 71.2 Å². The molecule has 0 bridgehead atoms. The fraction of sp³-hybridized carbons (Fsp3) is 0.158. The maximum absolute atomic E-state index is 10.3. The highest BCUT2D eigenvalue weighted by Gasteiger charge is 2.07. The molecule has 0 fully saturated rings. The van der Waals surface area contributed by atoms with E-state index in [-0.39, 0.29) is 0 Å².